The van der Waals surface area contributed by atoms with E-state index in [2.05, 4.69) is 0 Å². The van der Waals surface area contributed by atoms with Gasteiger partial charge in [-0.15, -0.1) is 0 Å². The highest BCUT2D eigenvalue weighted by Crippen LogP contribution is 2.37. The fourth-order valence-corrected chi connectivity index (χ4v) is 2.11. The van der Waals surface area contributed by atoms with Crippen molar-refractivity contribution in [2.45, 2.75) is 46.0 Å². The number of ketones is 2. The summed E-state index contributed by atoms with van der Waals surface area (Å²) >= 11 is 0. The van der Waals surface area contributed by atoms with Crippen molar-refractivity contribution in [2.24, 2.45) is 5.41 Å². The van der Waals surface area contributed by atoms with E-state index in [1.165, 1.54) is 6.42 Å². The van der Waals surface area contributed by atoms with Gasteiger partial charge in [-0.1, -0.05) is 19.3 Å². The van der Waals surface area contributed by atoms with E-state index in [0.717, 1.165) is 25.7 Å². The Morgan fingerprint density at radius 2 is 1.33 bits per heavy atom. The van der Waals surface area contributed by atoms with Crippen molar-refractivity contribution in [3.63, 3.8) is 0 Å². The van der Waals surface area contributed by atoms with Crippen LogP contribution in [-0.4, -0.2) is 11.6 Å². The van der Waals surface area contributed by atoms with Crippen LogP contribution in [0.25, 0.3) is 0 Å². The molecule has 0 aliphatic heterocycles. The minimum absolute atomic E-state index is 0.0645. The van der Waals surface area contributed by atoms with Crippen molar-refractivity contribution in [3.8, 4) is 0 Å². The Labute approximate surface area is 73.3 Å². The molecule has 0 N–H and O–H groups in total. The summed E-state index contributed by atoms with van der Waals surface area (Å²) in [5, 5.41) is 0. The monoisotopic (exact) mass is 168 g/mol. The fraction of sp³-hybridized carbons (Fsp3) is 0.800. The molecule has 1 rings (SSSR count). The van der Waals surface area contributed by atoms with Crippen LogP contribution in [0.5, 0.6) is 0 Å². The Kier molecular flexibility index (Phi) is 2.65. The Morgan fingerprint density at radius 3 is 1.58 bits per heavy atom. The molecule has 0 aromatic rings. The molecular formula is C10H16O2. The van der Waals surface area contributed by atoms with Crippen LogP contribution in [-0.2, 0) is 9.59 Å². The fourth-order valence-electron chi connectivity index (χ4n) is 2.11. The minimum Gasteiger partial charge on any atom is -0.299 e. The van der Waals surface area contributed by atoms with E-state index in [4.69, 9.17) is 0 Å². The number of carbonyl (C=O) groups excluding carboxylic acids is 2. The van der Waals surface area contributed by atoms with Crippen LogP contribution in [0.15, 0.2) is 0 Å². The zero-order chi connectivity index (χ0) is 9.19. The van der Waals surface area contributed by atoms with Gasteiger partial charge >= 0.3 is 0 Å². The van der Waals surface area contributed by atoms with Crippen molar-refractivity contribution < 1.29 is 9.59 Å². The van der Waals surface area contributed by atoms with Gasteiger partial charge in [0, 0.05) is 0 Å². The Balaban J connectivity index is 2.84. The standard InChI is InChI=1S/C10H16O2/c1-8(11)10(9(2)12)6-4-3-5-7-10/h3-7H2,1-2H3. The van der Waals surface area contributed by atoms with E-state index in [1.807, 2.05) is 0 Å². The van der Waals surface area contributed by atoms with E-state index in [9.17, 15) is 9.59 Å². The van der Waals surface area contributed by atoms with Crippen LogP contribution in [0, 0.1) is 5.41 Å². The van der Waals surface area contributed by atoms with E-state index in [-0.39, 0.29) is 11.6 Å². The van der Waals surface area contributed by atoms with Crippen LogP contribution in [0.3, 0.4) is 0 Å². The van der Waals surface area contributed by atoms with Crippen LogP contribution in [0.2, 0.25) is 0 Å². The maximum atomic E-state index is 11.3. The molecule has 0 aromatic carbocycles. The summed E-state index contributed by atoms with van der Waals surface area (Å²) in [5.41, 5.74) is -0.599. The van der Waals surface area contributed by atoms with Crippen molar-refractivity contribution in [1.82, 2.24) is 0 Å². The van der Waals surface area contributed by atoms with E-state index >= 15 is 0 Å². The summed E-state index contributed by atoms with van der Waals surface area (Å²) in [6, 6.07) is 0. The third kappa shape index (κ3) is 1.43. The summed E-state index contributed by atoms with van der Waals surface area (Å²) < 4.78 is 0. The van der Waals surface area contributed by atoms with Gasteiger partial charge in [0.2, 0.25) is 0 Å². The molecule has 1 aliphatic rings. The number of hydrogen-bond donors (Lipinski definition) is 0. The molecule has 0 atom stereocenters. The molecule has 0 aromatic heterocycles. The van der Waals surface area contributed by atoms with Crippen molar-refractivity contribution >= 4 is 11.6 Å². The van der Waals surface area contributed by atoms with Crippen LogP contribution < -0.4 is 0 Å². The Bertz CT molecular complexity index is 184. The zero-order valence-electron chi connectivity index (χ0n) is 7.85. The Morgan fingerprint density at radius 1 is 0.917 bits per heavy atom. The predicted octanol–water partition coefficient (Wildman–Crippen LogP) is 2.11. The normalized spacial score (nSPS) is 21.8. The quantitative estimate of drug-likeness (QED) is 0.592. The topological polar surface area (TPSA) is 34.1 Å². The molecule has 2 heteroatoms. The summed E-state index contributed by atoms with van der Waals surface area (Å²) in [4.78, 5) is 22.7. The molecule has 0 saturated heterocycles. The smallest absolute Gasteiger partial charge is 0.143 e. The van der Waals surface area contributed by atoms with Gasteiger partial charge in [-0.25, -0.2) is 0 Å². The first-order valence-corrected chi connectivity index (χ1v) is 4.62. The summed E-state index contributed by atoms with van der Waals surface area (Å²) in [6.45, 7) is 3.10. The van der Waals surface area contributed by atoms with Crippen LogP contribution in [0.4, 0.5) is 0 Å². The molecule has 0 spiro atoms. The number of hydrogen-bond acceptors (Lipinski definition) is 2. The molecule has 2 nitrogen and oxygen atoms in total. The molecule has 0 radical (unpaired) electrons. The van der Waals surface area contributed by atoms with E-state index in [1.54, 1.807) is 13.8 Å². The molecule has 0 bridgehead atoms. The zero-order valence-corrected chi connectivity index (χ0v) is 7.85. The summed E-state index contributed by atoms with van der Waals surface area (Å²) in [5.74, 6) is 0.129. The van der Waals surface area contributed by atoms with Crippen molar-refractivity contribution in [1.29, 1.82) is 0 Å². The average Bonchev–Trinajstić information content (AvgIpc) is 2.05. The molecule has 0 heterocycles. The largest absolute Gasteiger partial charge is 0.299 e. The van der Waals surface area contributed by atoms with Gasteiger partial charge in [-0.3, -0.25) is 9.59 Å². The van der Waals surface area contributed by atoms with E-state index in [0.29, 0.717) is 0 Å². The molecule has 1 aliphatic carbocycles. The maximum Gasteiger partial charge on any atom is 0.143 e. The first-order chi connectivity index (χ1) is 5.59. The molecule has 0 amide bonds. The lowest BCUT2D eigenvalue weighted by molar-refractivity contribution is -0.140. The highest BCUT2D eigenvalue weighted by molar-refractivity contribution is 6.05. The summed E-state index contributed by atoms with van der Waals surface area (Å²) in [6.07, 6.45) is 4.77. The highest BCUT2D eigenvalue weighted by Gasteiger charge is 2.40. The molecule has 12 heavy (non-hydrogen) atoms. The number of rotatable bonds is 2. The second-order valence-corrected chi connectivity index (χ2v) is 3.76. The van der Waals surface area contributed by atoms with Gasteiger partial charge in [0.25, 0.3) is 0 Å². The minimum atomic E-state index is -0.599. The van der Waals surface area contributed by atoms with Gasteiger partial charge < -0.3 is 0 Å². The number of carbonyl (C=O) groups is 2. The van der Waals surface area contributed by atoms with Crippen LogP contribution >= 0.6 is 0 Å². The lowest BCUT2D eigenvalue weighted by atomic mass is 9.69. The molecule has 1 fully saturated rings. The molecular weight excluding hydrogens is 152 g/mol. The van der Waals surface area contributed by atoms with E-state index < -0.39 is 5.41 Å². The summed E-state index contributed by atoms with van der Waals surface area (Å²) in [7, 11) is 0. The highest BCUT2D eigenvalue weighted by atomic mass is 16.2. The average molecular weight is 168 g/mol. The van der Waals surface area contributed by atoms with Gasteiger partial charge in [0.1, 0.15) is 11.6 Å². The second-order valence-electron chi connectivity index (χ2n) is 3.76. The first kappa shape index (κ1) is 9.43. The van der Waals surface area contributed by atoms with Gasteiger partial charge in [-0.05, 0) is 26.7 Å². The van der Waals surface area contributed by atoms with Gasteiger partial charge in [0.15, 0.2) is 0 Å². The molecule has 0 unspecified atom stereocenters. The molecule has 68 valence electrons. The van der Waals surface area contributed by atoms with Gasteiger partial charge in [0.05, 0.1) is 5.41 Å². The second kappa shape index (κ2) is 3.38. The van der Waals surface area contributed by atoms with Crippen LogP contribution in [0.1, 0.15) is 46.0 Å². The molecule has 1 saturated carbocycles. The maximum absolute atomic E-state index is 11.3. The number of Topliss-reactive ketones (excluding diaryl/α,β-unsaturated/α-hetero) is 2. The Hall–Kier alpha value is -0.660. The first-order valence-electron chi connectivity index (χ1n) is 4.62. The predicted molar refractivity (Wildman–Crippen MR) is 46.9 cm³/mol. The van der Waals surface area contributed by atoms with Crippen molar-refractivity contribution in [3.05, 3.63) is 0 Å². The third-order valence-corrected chi connectivity index (χ3v) is 3.05. The lowest BCUT2D eigenvalue weighted by Crippen LogP contribution is -2.38. The van der Waals surface area contributed by atoms with Crippen molar-refractivity contribution in [2.75, 3.05) is 0 Å². The third-order valence-electron chi connectivity index (χ3n) is 3.05. The lowest BCUT2D eigenvalue weighted by Gasteiger charge is -2.32. The van der Waals surface area contributed by atoms with Gasteiger partial charge in [-0.2, -0.15) is 0 Å². The SMILES string of the molecule is CC(=O)C1(C(C)=O)CCCCC1.